The third-order valence-corrected chi connectivity index (χ3v) is 6.31. The lowest BCUT2D eigenvalue weighted by atomic mass is 9.97. The molecule has 1 aromatic heterocycles. The Labute approximate surface area is 186 Å². The Balaban J connectivity index is 1.49. The number of aryl methyl sites for hydroxylation is 2. The second-order valence-corrected chi connectivity index (χ2v) is 8.70. The molecule has 0 radical (unpaired) electrons. The van der Waals surface area contributed by atoms with Crippen molar-refractivity contribution < 1.29 is 13.9 Å². The van der Waals surface area contributed by atoms with Crippen LogP contribution in [-0.4, -0.2) is 72.6 Å². The minimum Gasteiger partial charge on any atom is -0.466 e. The molecule has 1 aromatic rings. The summed E-state index contributed by atoms with van der Waals surface area (Å²) in [6, 6.07) is 0. The van der Waals surface area contributed by atoms with Gasteiger partial charge in [0.25, 0.3) is 0 Å². The van der Waals surface area contributed by atoms with Crippen LogP contribution in [-0.2, 0) is 16.1 Å². The molecule has 0 spiro atoms. The van der Waals surface area contributed by atoms with E-state index in [1.165, 1.54) is 0 Å². The van der Waals surface area contributed by atoms with Gasteiger partial charge in [-0.2, -0.15) is 0 Å². The Morgan fingerprint density at radius 2 is 2.00 bits per heavy atom. The SMILES string of the molecule is CCNC(=NCC1CCN(Cc2nc(C)c(C)o2)CC1)N1CCCC(C(=O)OCC)C1. The molecule has 3 rings (SSSR count). The van der Waals surface area contributed by atoms with E-state index < -0.39 is 0 Å². The van der Waals surface area contributed by atoms with Gasteiger partial charge in [0.2, 0.25) is 5.89 Å². The predicted octanol–water partition coefficient (Wildman–Crippen LogP) is 2.74. The summed E-state index contributed by atoms with van der Waals surface area (Å²) in [7, 11) is 0. The molecule has 1 unspecified atom stereocenters. The van der Waals surface area contributed by atoms with Crippen molar-refractivity contribution in [2.45, 2.75) is 59.9 Å². The molecular weight excluding hydrogens is 394 g/mol. The molecule has 174 valence electrons. The van der Waals surface area contributed by atoms with E-state index in [0.717, 1.165) is 88.3 Å². The van der Waals surface area contributed by atoms with E-state index in [1.807, 2.05) is 20.8 Å². The molecule has 1 atom stereocenters. The Kier molecular flexibility index (Phi) is 8.75. The summed E-state index contributed by atoms with van der Waals surface area (Å²) in [5.41, 5.74) is 0.984. The molecule has 2 aliphatic rings. The Morgan fingerprint density at radius 3 is 2.65 bits per heavy atom. The number of esters is 1. The summed E-state index contributed by atoms with van der Waals surface area (Å²) >= 11 is 0. The number of nitrogens with one attached hydrogen (secondary N) is 1. The maximum absolute atomic E-state index is 12.2. The van der Waals surface area contributed by atoms with Gasteiger partial charge in [0.1, 0.15) is 5.76 Å². The van der Waals surface area contributed by atoms with Crippen LogP contribution in [0.1, 0.15) is 56.9 Å². The van der Waals surface area contributed by atoms with Crippen molar-refractivity contribution in [2.24, 2.45) is 16.8 Å². The molecule has 8 nitrogen and oxygen atoms in total. The highest BCUT2D eigenvalue weighted by molar-refractivity contribution is 5.81. The average Bonchev–Trinajstić information content (AvgIpc) is 3.09. The number of hydrogen-bond acceptors (Lipinski definition) is 6. The molecule has 0 amide bonds. The number of oxazole rings is 1. The molecule has 2 aliphatic heterocycles. The number of nitrogens with zero attached hydrogens (tertiary/aromatic N) is 4. The van der Waals surface area contributed by atoms with Crippen LogP contribution in [0.4, 0.5) is 0 Å². The summed E-state index contributed by atoms with van der Waals surface area (Å²) in [5.74, 6) is 3.13. The lowest BCUT2D eigenvalue weighted by Gasteiger charge is -2.34. The Morgan fingerprint density at radius 1 is 1.23 bits per heavy atom. The van der Waals surface area contributed by atoms with Gasteiger partial charge in [-0.1, -0.05) is 0 Å². The quantitative estimate of drug-likeness (QED) is 0.402. The molecule has 8 heteroatoms. The average molecular weight is 434 g/mol. The van der Waals surface area contributed by atoms with Crippen LogP contribution >= 0.6 is 0 Å². The first-order valence-corrected chi connectivity index (χ1v) is 11.8. The highest BCUT2D eigenvalue weighted by Gasteiger charge is 2.29. The highest BCUT2D eigenvalue weighted by Crippen LogP contribution is 2.21. The molecule has 1 N–H and O–H groups in total. The molecule has 31 heavy (non-hydrogen) atoms. The maximum Gasteiger partial charge on any atom is 0.310 e. The number of carbonyl (C=O) groups excluding carboxylic acids is 1. The van der Waals surface area contributed by atoms with Gasteiger partial charge in [-0.25, -0.2) is 4.98 Å². The van der Waals surface area contributed by atoms with Gasteiger partial charge in [-0.3, -0.25) is 14.7 Å². The van der Waals surface area contributed by atoms with Crippen molar-refractivity contribution in [2.75, 3.05) is 45.9 Å². The minimum atomic E-state index is -0.0770. The first-order valence-electron chi connectivity index (χ1n) is 11.8. The molecule has 2 fully saturated rings. The van der Waals surface area contributed by atoms with Crippen LogP contribution in [0.3, 0.4) is 0 Å². The fourth-order valence-corrected chi connectivity index (χ4v) is 4.39. The van der Waals surface area contributed by atoms with Crippen molar-refractivity contribution in [1.29, 1.82) is 0 Å². The van der Waals surface area contributed by atoms with Gasteiger partial charge in [0.15, 0.2) is 5.96 Å². The van der Waals surface area contributed by atoms with E-state index in [-0.39, 0.29) is 11.9 Å². The van der Waals surface area contributed by atoms with Crippen molar-refractivity contribution in [3.05, 3.63) is 17.3 Å². The highest BCUT2D eigenvalue weighted by atomic mass is 16.5. The van der Waals surface area contributed by atoms with Gasteiger partial charge in [-0.15, -0.1) is 0 Å². The number of aliphatic imine (C=N–C) groups is 1. The van der Waals surface area contributed by atoms with Gasteiger partial charge < -0.3 is 19.4 Å². The van der Waals surface area contributed by atoms with E-state index in [1.54, 1.807) is 0 Å². The molecule has 0 aliphatic carbocycles. The molecule has 0 saturated carbocycles. The van der Waals surface area contributed by atoms with Gasteiger partial charge in [0.05, 0.1) is 24.8 Å². The fraction of sp³-hybridized carbons (Fsp3) is 0.783. The summed E-state index contributed by atoms with van der Waals surface area (Å²) in [6.07, 6.45) is 4.16. The minimum absolute atomic E-state index is 0.0525. The van der Waals surface area contributed by atoms with Gasteiger partial charge >= 0.3 is 5.97 Å². The van der Waals surface area contributed by atoms with Crippen molar-refractivity contribution in [3.63, 3.8) is 0 Å². The summed E-state index contributed by atoms with van der Waals surface area (Å²) < 4.78 is 11.0. The van der Waals surface area contributed by atoms with Crippen LogP contribution in [0.2, 0.25) is 0 Å². The smallest absolute Gasteiger partial charge is 0.310 e. The zero-order valence-corrected chi connectivity index (χ0v) is 19.7. The lowest BCUT2D eigenvalue weighted by molar-refractivity contribution is -0.149. The third kappa shape index (κ3) is 6.69. The lowest BCUT2D eigenvalue weighted by Crippen LogP contribution is -2.48. The van der Waals surface area contributed by atoms with E-state index in [9.17, 15) is 4.79 Å². The van der Waals surface area contributed by atoms with E-state index in [2.05, 4.69) is 27.0 Å². The van der Waals surface area contributed by atoms with E-state index >= 15 is 0 Å². The third-order valence-electron chi connectivity index (χ3n) is 6.31. The monoisotopic (exact) mass is 433 g/mol. The zero-order chi connectivity index (χ0) is 22.2. The first-order chi connectivity index (χ1) is 15.0. The van der Waals surface area contributed by atoms with Gasteiger partial charge in [0, 0.05) is 26.2 Å². The van der Waals surface area contributed by atoms with Crippen molar-refractivity contribution >= 4 is 11.9 Å². The maximum atomic E-state index is 12.2. The Hall–Kier alpha value is -2.09. The largest absolute Gasteiger partial charge is 0.466 e. The van der Waals surface area contributed by atoms with Crippen LogP contribution < -0.4 is 5.32 Å². The normalized spacial score (nSPS) is 21.4. The van der Waals surface area contributed by atoms with Crippen LogP contribution in [0.5, 0.6) is 0 Å². The number of hydrogen-bond donors (Lipinski definition) is 1. The fourth-order valence-electron chi connectivity index (χ4n) is 4.39. The Bertz CT molecular complexity index is 720. The molecule has 0 aromatic carbocycles. The van der Waals surface area contributed by atoms with Gasteiger partial charge in [-0.05, 0) is 72.4 Å². The number of piperidine rings is 2. The van der Waals surface area contributed by atoms with Crippen molar-refractivity contribution in [1.82, 2.24) is 20.1 Å². The van der Waals surface area contributed by atoms with Crippen LogP contribution in [0.15, 0.2) is 9.41 Å². The predicted molar refractivity (Wildman–Crippen MR) is 121 cm³/mol. The zero-order valence-electron chi connectivity index (χ0n) is 19.7. The summed E-state index contributed by atoms with van der Waals surface area (Å²) in [5, 5.41) is 3.43. The number of guanidine groups is 1. The number of ether oxygens (including phenoxy) is 1. The topological polar surface area (TPSA) is 83.2 Å². The molecule has 2 saturated heterocycles. The van der Waals surface area contributed by atoms with Crippen LogP contribution in [0, 0.1) is 25.7 Å². The van der Waals surface area contributed by atoms with E-state index in [0.29, 0.717) is 19.1 Å². The summed E-state index contributed by atoms with van der Waals surface area (Å²) in [4.78, 5) is 26.3. The second kappa shape index (κ2) is 11.5. The molecule has 0 bridgehead atoms. The van der Waals surface area contributed by atoms with Crippen molar-refractivity contribution in [3.8, 4) is 0 Å². The number of carbonyl (C=O) groups is 1. The molecule has 3 heterocycles. The standard InChI is InChI=1S/C23H39N5O3/c1-5-24-23(28-11-7-8-20(15-28)22(29)30-6-2)25-14-19-9-12-27(13-10-19)16-21-26-17(3)18(4)31-21/h19-20H,5-16H2,1-4H3,(H,24,25). The number of likely N-dealkylation sites (tertiary alicyclic amines) is 2. The second-order valence-electron chi connectivity index (χ2n) is 8.70. The summed E-state index contributed by atoms with van der Waals surface area (Å²) in [6.45, 7) is 14.5. The number of rotatable bonds is 7. The number of aromatic nitrogens is 1. The van der Waals surface area contributed by atoms with Crippen LogP contribution in [0.25, 0.3) is 0 Å². The molecular formula is C23H39N5O3. The first kappa shape index (κ1) is 23.6. The van der Waals surface area contributed by atoms with E-state index in [4.69, 9.17) is 14.1 Å².